The third-order valence-electron chi connectivity index (χ3n) is 7.23. The van der Waals surface area contributed by atoms with E-state index in [0.717, 1.165) is 49.7 Å². The number of likely N-dealkylation sites (tertiary alicyclic amines) is 1. The van der Waals surface area contributed by atoms with Crippen molar-refractivity contribution in [3.05, 3.63) is 76.0 Å². The van der Waals surface area contributed by atoms with E-state index in [1.165, 1.54) is 47.3 Å². The van der Waals surface area contributed by atoms with Crippen molar-refractivity contribution in [2.75, 3.05) is 31.2 Å². The van der Waals surface area contributed by atoms with E-state index in [4.69, 9.17) is 11.6 Å². The molecule has 1 saturated heterocycles. The summed E-state index contributed by atoms with van der Waals surface area (Å²) in [6.07, 6.45) is 6.80. The van der Waals surface area contributed by atoms with Crippen LogP contribution in [0.1, 0.15) is 41.5 Å². The van der Waals surface area contributed by atoms with Crippen LogP contribution in [-0.2, 0) is 24.9 Å². The predicted molar refractivity (Wildman–Crippen MR) is 129 cm³/mol. The van der Waals surface area contributed by atoms with Crippen LogP contribution < -0.4 is 5.32 Å². The second kappa shape index (κ2) is 8.23. The van der Waals surface area contributed by atoms with E-state index in [-0.39, 0.29) is 5.41 Å². The first-order chi connectivity index (χ1) is 14.6. The SMILES string of the molecule is C=C1Nc2ccc(Cl)cc2C12CCN(CCCc1ccc3c(c1)CN(SC)C3)CC2. The summed E-state index contributed by atoms with van der Waals surface area (Å²) < 4.78 is 2.43. The number of rotatable bonds is 5. The van der Waals surface area contributed by atoms with Gasteiger partial charge in [0.25, 0.3) is 0 Å². The van der Waals surface area contributed by atoms with E-state index >= 15 is 0 Å². The summed E-state index contributed by atoms with van der Waals surface area (Å²) >= 11 is 8.15. The van der Waals surface area contributed by atoms with Crippen molar-refractivity contribution in [1.29, 1.82) is 0 Å². The Hall–Kier alpha value is -1.46. The third-order valence-corrected chi connectivity index (χ3v) is 8.24. The van der Waals surface area contributed by atoms with E-state index in [1.54, 1.807) is 0 Å². The molecule has 3 aliphatic heterocycles. The summed E-state index contributed by atoms with van der Waals surface area (Å²) in [7, 11) is 0. The van der Waals surface area contributed by atoms with Gasteiger partial charge in [0.1, 0.15) is 0 Å². The van der Waals surface area contributed by atoms with Crippen molar-refractivity contribution < 1.29 is 0 Å². The van der Waals surface area contributed by atoms with Gasteiger partial charge in [0, 0.05) is 34.9 Å². The first-order valence-corrected chi connectivity index (χ1v) is 12.5. The first kappa shape index (κ1) is 20.4. The molecule has 5 heteroatoms. The lowest BCUT2D eigenvalue weighted by molar-refractivity contribution is 0.179. The van der Waals surface area contributed by atoms with Gasteiger partial charge >= 0.3 is 0 Å². The van der Waals surface area contributed by atoms with Crippen LogP contribution in [0.15, 0.2) is 48.7 Å². The number of fused-ring (bicyclic) bond motifs is 3. The molecule has 0 bridgehead atoms. The van der Waals surface area contributed by atoms with Crippen molar-refractivity contribution in [3.63, 3.8) is 0 Å². The van der Waals surface area contributed by atoms with Gasteiger partial charge in [-0.2, -0.15) is 0 Å². The minimum atomic E-state index is 0.0554. The molecule has 0 unspecified atom stereocenters. The Kier molecular flexibility index (Phi) is 5.61. The van der Waals surface area contributed by atoms with Crippen molar-refractivity contribution in [3.8, 4) is 0 Å². The molecule has 158 valence electrons. The Morgan fingerprint density at radius 1 is 1.10 bits per heavy atom. The number of piperidine rings is 1. The molecule has 0 atom stereocenters. The van der Waals surface area contributed by atoms with Gasteiger partial charge in [-0.05, 0) is 92.0 Å². The minimum absolute atomic E-state index is 0.0554. The normalized spacial score (nSPS) is 20.4. The molecule has 1 spiro atoms. The number of halogens is 1. The zero-order valence-corrected chi connectivity index (χ0v) is 19.3. The third kappa shape index (κ3) is 3.69. The highest BCUT2D eigenvalue weighted by molar-refractivity contribution is 7.96. The van der Waals surface area contributed by atoms with Crippen LogP contribution in [0.25, 0.3) is 0 Å². The van der Waals surface area contributed by atoms with E-state index in [0.29, 0.717) is 0 Å². The summed E-state index contributed by atoms with van der Waals surface area (Å²) in [5, 5.41) is 4.34. The fraction of sp³-hybridized carbons (Fsp3) is 0.440. The van der Waals surface area contributed by atoms with Crippen LogP contribution >= 0.6 is 23.5 Å². The molecule has 3 heterocycles. The lowest BCUT2D eigenvalue weighted by Gasteiger charge is -2.40. The highest BCUT2D eigenvalue weighted by Gasteiger charge is 2.44. The molecule has 0 radical (unpaired) electrons. The topological polar surface area (TPSA) is 18.5 Å². The highest BCUT2D eigenvalue weighted by Crippen LogP contribution is 2.50. The van der Waals surface area contributed by atoms with E-state index in [9.17, 15) is 0 Å². The summed E-state index contributed by atoms with van der Waals surface area (Å²) in [5.41, 5.74) is 8.25. The van der Waals surface area contributed by atoms with Crippen LogP contribution in [0, 0.1) is 0 Å². The van der Waals surface area contributed by atoms with Gasteiger partial charge in [-0.3, -0.25) is 0 Å². The number of anilines is 1. The summed E-state index contributed by atoms with van der Waals surface area (Å²) in [6, 6.07) is 13.3. The lowest BCUT2D eigenvalue weighted by Crippen LogP contribution is -2.43. The van der Waals surface area contributed by atoms with Gasteiger partial charge in [-0.15, -0.1) is 0 Å². The van der Waals surface area contributed by atoms with Gasteiger partial charge < -0.3 is 10.2 Å². The van der Waals surface area contributed by atoms with Crippen molar-refractivity contribution in [2.24, 2.45) is 0 Å². The Morgan fingerprint density at radius 3 is 2.70 bits per heavy atom. The molecule has 0 amide bonds. The maximum absolute atomic E-state index is 6.31. The van der Waals surface area contributed by atoms with Crippen molar-refractivity contribution >= 4 is 29.2 Å². The molecule has 1 fully saturated rings. The second-order valence-electron chi connectivity index (χ2n) is 8.90. The largest absolute Gasteiger partial charge is 0.358 e. The van der Waals surface area contributed by atoms with Crippen LogP contribution in [0.3, 0.4) is 0 Å². The molecule has 3 aliphatic rings. The Morgan fingerprint density at radius 2 is 1.90 bits per heavy atom. The number of allylic oxidation sites excluding steroid dienone is 1. The number of hydrogen-bond acceptors (Lipinski definition) is 4. The zero-order chi connectivity index (χ0) is 20.7. The maximum Gasteiger partial charge on any atom is 0.0425 e. The maximum atomic E-state index is 6.31. The van der Waals surface area contributed by atoms with E-state index in [1.807, 2.05) is 18.0 Å². The molecule has 2 aromatic rings. The average Bonchev–Trinajstić information content (AvgIpc) is 3.28. The lowest BCUT2D eigenvalue weighted by atomic mass is 9.72. The highest BCUT2D eigenvalue weighted by atomic mass is 35.5. The number of hydrogen-bond donors (Lipinski definition) is 1. The smallest absolute Gasteiger partial charge is 0.0425 e. The quantitative estimate of drug-likeness (QED) is 0.589. The van der Waals surface area contributed by atoms with Crippen LogP contribution in [-0.4, -0.2) is 35.1 Å². The summed E-state index contributed by atoms with van der Waals surface area (Å²) in [5.74, 6) is 0. The molecule has 2 aromatic carbocycles. The average molecular weight is 440 g/mol. The predicted octanol–water partition coefficient (Wildman–Crippen LogP) is 5.84. The molecular formula is C25H30ClN3S. The fourth-order valence-corrected chi connectivity index (χ4v) is 6.11. The summed E-state index contributed by atoms with van der Waals surface area (Å²) in [6.45, 7) is 9.96. The molecule has 0 aromatic heterocycles. The van der Waals surface area contributed by atoms with Crippen LogP contribution in [0.2, 0.25) is 5.02 Å². The summed E-state index contributed by atoms with van der Waals surface area (Å²) in [4.78, 5) is 2.63. The van der Waals surface area contributed by atoms with Crippen LogP contribution in [0.5, 0.6) is 0 Å². The van der Waals surface area contributed by atoms with Gasteiger partial charge in [0.15, 0.2) is 0 Å². The first-order valence-electron chi connectivity index (χ1n) is 11.0. The minimum Gasteiger partial charge on any atom is -0.358 e. The monoisotopic (exact) mass is 439 g/mol. The number of aryl methyl sites for hydroxylation is 1. The van der Waals surface area contributed by atoms with Crippen molar-refractivity contribution in [1.82, 2.24) is 9.21 Å². The fourth-order valence-electron chi connectivity index (χ4n) is 5.40. The van der Waals surface area contributed by atoms with Crippen LogP contribution in [0.4, 0.5) is 5.69 Å². The molecule has 30 heavy (non-hydrogen) atoms. The number of nitrogens with zero attached hydrogens (tertiary/aromatic N) is 2. The van der Waals surface area contributed by atoms with Gasteiger partial charge in [-0.1, -0.05) is 48.3 Å². The molecule has 5 rings (SSSR count). The van der Waals surface area contributed by atoms with Crippen molar-refractivity contribution in [2.45, 2.75) is 44.2 Å². The molecular weight excluding hydrogens is 410 g/mol. The molecule has 3 nitrogen and oxygen atoms in total. The number of benzene rings is 2. The zero-order valence-electron chi connectivity index (χ0n) is 17.7. The van der Waals surface area contributed by atoms with Gasteiger partial charge in [0.05, 0.1) is 0 Å². The second-order valence-corrected chi connectivity index (χ2v) is 10.2. The molecule has 1 N–H and O–H groups in total. The molecule has 0 saturated carbocycles. The van der Waals surface area contributed by atoms with Gasteiger partial charge in [-0.25, -0.2) is 4.31 Å². The van der Waals surface area contributed by atoms with E-state index in [2.05, 4.69) is 57.7 Å². The number of nitrogens with one attached hydrogen (secondary N) is 1. The standard InChI is InChI=1S/C25H30ClN3S/c1-18-25(23-15-22(26)7-8-24(23)27-18)9-12-28(13-10-25)11-3-4-19-5-6-20-16-29(30-2)17-21(20)14-19/h5-8,14-15,27H,1,3-4,9-13,16-17H2,2H3. The Balaban J connectivity index is 1.16. The molecule has 0 aliphatic carbocycles. The van der Waals surface area contributed by atoms with Gasteiger partial charge in [0.2, 0.25) is 0 Å². The Labute approximate surface area is 189 Å². The van der Waals surface area contributed by atoms with E-state index < -0.39 is 0 Å². The Bertz CT molecular complexity index is 965.